The lowest BCUT2D eigenvalue weighted by Gasteiger charge is -2.10. The molecule has 0 fully saturated rings. The molecule has 2 heterocycles. The van der Waals surface area contributed by atoms with Gasteiger partial charge in [0, 0.05) is 43.9 Å². The van der Waals surface area contributed by atoms with Gasteiger partial charge in [-0.05, 0) is 26.0 Å². The third-order valence-corrected chi connectivity index (χ3v) is 7.62. The van der Waals surface area contributed by atoms with Gasteiger partial charge in [-0.3, -0.25) is 0 Å². The van der Waals surface area contributed by atoms with Gasteiger partial charge in [-0.15, -0.1) is 46.7 Å². The fourth-order valence-electron chi connectivity index (χ4n) is 2.09. The third-order valence-electron chi connectivity index (χ3n) is 3.45. The number of rotatable bonds is 8. The molecule has 0 aliphatic carbocycles. The van der Waals surface area contributed by atoms with Crippen molar-refractivity contribution in [3.63, 3.8) is 0 Å². The van der Waals surface area contributed by atoms with E-state index < -0.39 is 10.0 Å². The van der Waals surface area contributed by atoms with E-state index in [-0.39, 0.29) is 24.0 Å². The number of nitrogens with zero attached hydrogens (tertiary/aromatic N) is 3. The van der Waals surface area contributed by atoms with E-state index in [0.29, 0.717) is 16.7 Å². The molecule has 0 spiro atoms. The number of hydrogen-bond donors (Lipinski definition) is 2. The molecule has 0 unspecified atom stereocenters. The topological polar surface area (TPSA) is 86.7 Å². The Kier molecular flexibility index (Phi) is 10.2. The lowest BCUT2D eigenvalue weighted by Crippen LogP contribution is -2.38. The van der Waals surface area contributed by atoms with Gasteiger partial charge in [0.05, 0.1) is 17.2 Å². The molecular formula is C16H26IN5O2S3. The number of nitrogens with one attached hydrogen (secondary N) is 2. The number of sulfonamides is 1. The van der Waals surface area contributed by atoms with Gasteiger partial charge in [0.1, 0.15) is 4.21 Å². The summed E-state index contributed by atoms with van der Waals surface area (Å²) in [5, 5.41) is 9.62. The van der Waals surface area contributed by atoms with Crippen LogP contribution in [0.3, 0.4) is 0 Å². The number of aryl methyl sites for hydroxylation is 1. The van der Waals surface area contributed by atoms with E-state index in [9.17, 15) is 8.42 Å². The minimum absolute atomic E-state index is 0. The smallest absolute Gasteiger partial charge is 0.252 e. The molecule has 0 aromatic carbocycles. The van der Waals surface area contributed by atoms with E-state index in [2.05, 4.69) is 26.0 Å². The van der Waals surface area contributed by atoms with Crippen LogP contribution in [0.25, 0.3) is 0 Å². The van der Waals surface area contributed by atoms with Crippen LogP contribution in [-0.2, 0) is 23.0 Å². The summed E-state index contributed by atoms with van der Waals surface area (Å²) in [7, 11) is -0.318. The quantitative estimate of drug-likeness (QED) is 0.304. The first kappa shape index (κ1) is 24.3. The van der Waals surface area contributed by atoms with E-state index >= 15 is 0 Å². The maximum absolute atomic E-state index is 12.1. The SMILES string of the molecule is CCNC(=NCc1ccc(S(=O)(=O)N(C)C)s1)NCCc1csc(C)n1.I. The molecular weight excluding hydrogens is 517 g/mol. The van der Waals surface area contributed by atoms with Crippen LogP contribution in [0.2, 0.25) is 0 Å². The summed E-state index contributed by atoms with van der Waals surface area (Å²) in [6.07, 6.45) is 0.832. The number of guanidine groups is 1. The minimum Gasteiger partial charge on any atom is -0.357 e. The summed E-state index contributed by atoms with van der Waals surface area (Å²) in [5.41, 5.74) is 1.08. The molecule has 0 radical (unpaired) electrons. The molecule has 2 aromatic rings. The van der Waals surface area contributed by atoms with Crippen molar-refractivity contribution in [2.75, 3.05) is 27.2 Å². The van der Waals surface area contributed by atoms with Crippen LogP contribution in [0.15, 0.2) is 26.7 Å². The second-order valence-corrected chi connectivity index (χ2v) is 10.3. The summed E-state index contributed by atoms with van der Waals surface area (Å²) in [5.74, 6) is 0.713. The summed E-state index contributed by atoms with van der Waals surface area (Å²) in [4.78, 5) is 9.89. The van der Waals surface area contributed by atoms with Gasteiger partial charge < -0.3 is 10.6 Å². The van der Waals surface area contributed by atoms with Crippen molar-refractivity contribution in [1.29, 1.82) is 0 Å². The van der Waals surface area contributed by atoms with Crippen LogP contribution in [0.4, 0.5) is 0 Å². The Morgan fingerprint density at radius 2 is 2.04 bits per heavy atom. The van der Waals surface area contributed by atoms with Gasteiger partial charge in [-0.2, -0.15) is 0 Å². The Morgan fingerprint density at radius 3 is 2.63 bits per heavy atom. The first-order valence-electron chi connectivity index (χ1n) is 8.27. The molecule has 11 heteroatoms. The van der Waals surface area contributed by atoms with Gasteiger partial charge in [-0.25, -0.2) is 22.7 Å². The maximum atomic E-state index is 12.1. The monoisotopic (exact) mass is 543 g/mol. The highest BCUT2D eigenvalue weighted by molar-refractivity contribution is 14.0. The number of thiophene rings is 1. The zero-order valence-electron chi connectivity index (χ0n) is 15.9. The summed E-state index contributed by atoms with van der Waals surface area (Å²) in [6, 6.07) is 3.45. The van der Waals surface area contributed by atoms with E-state index in [1.54, 1.807) is 17.4 Å². The molecule has 2 rings (SSSR count). The molecule has 2 aromatic heterocycles. The lowest BCUT2D eigenvalue weighted by atomic mass is 10.3. The van der Waals surface area contributed by atoms with Crippen LogP contribution < -0.4 is 10.6 Å². The number of halogens is 1. The Morgan fingerprint density at radius 1 is 1.30 bits per heavy atom. The van der Waals surface area contributed by atoms with Crippen molar-refractivity contribution in [3.05, 3.63) is 33.1 Å². The van der Waals surface area contributed by atoms with Gasteiger partial charge >= 0.3 is 0 Å². The molecule has 0 atom stereocenters. The maximum Gasteiger partial charge on any atom is 0.252 e. The highest BCUT2D eigenvalue weighted by Crippen LogP contribution is 2.24. The second-order valence-electron chi connectivity index (χ2n) is 5.74. The van der Waals surface area contributed by atoms with Gasteiger partial charge in [0.2, 0.25) is 0 Å². The second kappa shape index (κ2) is 11.3. The Balaban J connectivity index is 0.00000364. The predicted molar refractivity (Wildman–Crippen MR) is 124 cm³/mol. The Bertz CT molecular complexity index is 846. The predicted octanol–water partition coefficient (Wildman–Crippen LogP) is 2.68. The Labute approximate surface area is 186 Å². The molecule has 0 amide bonds. The van der Waals surface area contributed by atoms with Gasteiger partial charge in [-0.1, -0.05) is 0 Å². The molecule has 152 valence electrons. The van der Waals surface area contributed by atoms with Crippen molar-refractivity contribution in [1.82, 2.24) is 19.9 Å². The average molecular weight is 544 g/mol. The highest BCUT2D eigenvalue weighted by Gasteiger charge is 2.19. The normalized spacial score (nSPS) is 12.1. The highest BCUT2D eigenvalue weighted by atomic mass is 127. The molecule has 7 nitrogen and oxygen atoms in total. The van der Waals surface area contributed by atoms with Crippen LogP contribution in [0.1, 0.15) is 22.5 Å². The first-order valence-corrected chi connectivity index (χ1v) is 11.4. The fraction of sp³-hybridized carbons (Fsp3) is 0.500. The average Bonchev–Trinajstić information content (AvgIpc) is 3.22. The first-order chi connectivity index (χ1) is 12.3. The molecule has 0 saturated carbocycles. The lowest BCUT2D eigenvalue weighted by molar-refractivity contribution is 0.523. The van der Waals surface area contributed by atoms with E-state index in [1.807, 2.05) is 19.9 Å². The number of aromatic nitrogens is 1. The van der Waals surface area contributed by atoms with Crippen molar-refractivity contribution in [2.45, 2.75) is 31.0 Å². The largest absolute Gasteiger partial charge is 0.357 e. The molecule has 0 aliphatic heterocycles. The number of aliphatic imine (C=N–C) groups is 1. The Hall–Kier alpha value is -0.760. The van der Waals surface area contributed by atoms with Crippen molar-refractivity contribution in [2.24, 2.45) is 4.99 Å². The zero-order chi connectivity index (χ0) is 19.2. The summed E-state index contributed by atoms with van der Waals surface area (Å²) >= 11 is 2.90. The van der Waals surface area contributed by atoms with E-state index in [1.165, 1.54) is 29.7 Å². The van der Waals surface area contributed by atoms with Crippen LogP contribution in [0.5, 0.6) is 0 Å². The third kappa shape index (κ3) is 7.29. The summed E-state index contributed by atoms with van der Waals surface area (Å²) in [6.45, 7) is 5.93. The summed E-state index contributed by atoms with van der Waals surface area (Å²) < 4.78 is 25.8. The number of thiazole rings is 1. The molecule has 0 saturated heterocycles. The van der Waals surface area contributed by atoms with Gasteiger partial charge in [0.15, 0.2) is 5.96 Å². The zero-order valence-corrected chi connectivity index (χ0v) is 20.6. The van der Waals surface area contributed by atoms with Crippen LogP contribution >= 0.6 is 46.7 Å². The molecule has 27 heavy (non-hydrogen) atoms. The van der Waals surface area contributed by atoms with E-state index in [0.717, 1.165) is 35.1 Å². The van der Waals surface area contributed by atoms with Crippen molar-refractivity contribution < 1.29 is 8.42 Å². The van der Waals surface area contributed by atoms with Crippen LogP contribution in [-0.4, -0.2) is 50.9 Å². The van der Waals surface area contributed by atoms with Crippen molar-refractivity contribution >= 4 is 62.6 Å². The molecule has 0 bridgehead atoms. The fourth-order valence-corrected chi connectivity index (χ4v) is 5.19. The van der Waals surface area contributed by atoms with Crippen LogP contribution in [0, 0.1) is 6.92 Å². The standard InChI is InChI=1S/C16H25N5O2S3.HI/c1-5-17-16(18-9-8-13-11-24-12(2)20-13)19-10-14-6-7-15(25-14)26(22,23)21(3)4;/h6-7,11H,5,8-10H2,1-4H3,(H2,17,18,19);1H. The minimum atomic E-state index is -3.38. The molecule has 0 aliphatic rings. The molecule has 2 N–H and O–H groups in total. The van der Waals surface area contributed by atoms with E-state index in [4.69, 9.17) is 0 Å². The van der Waals surface area contributed by atoms with Crippen molar-refractivity contribution in [3.8, 4) is 0 Å². The van der Waals surface area contributed by atoms with Gasteiger partial charge in [0.25, 0.3) is 10.0 Å². The number of hydrogen-bond acceptors (Lipinski definition) is 6.